The van der Waals surface area contributed by atoms with E-state index in [2.05, 4.69) is 20.5 Å². The first-order valence-electron chi connectivity index (χ1n) is 5.64. The molecule has 0 spiro atoms. The third-order valence-electron chi connectivity index (χ3n) is 2.70. The predicted octanol–water partition coefficient (Wildman–Crippen LogP) is 2.59. The number of halogens is 1. The average Bonchev–Trinajstić information content (AvgIpc) is 2.97. The average molecular weight is 276 g/mol. The Bertz CT molecular complexity index is 716. The highest BCUT2D eigenvalue weighted by Crippen LogP contribution is 2.21. The van der Waals surface area contributed by atoms with Crippen molar-refractivity contribution in [3.05, 3.63) is 40.8 Å². The molecule has 3 aromatic rings. The molecule has 1 aromatic carbocycles. The second-order valence-corrected chi connectivity index (χ2v) is 4.49. The third-order valence-corrected chi connectivity index (χ3v) is 2.95. The minimum absolute atomic E-state index is 0.371. The van der Waals surface area contributed by atoms with E-state index in [4.69, 9.17) is 16.1 Å². The zero-order chi connectivity index (χ0) is 13.4. The fourth-order valence-corrected chi connectivity index (χ4v) is 1.87. The van der Waals surface area contributed by atoms with E-state index >= 15 is 0 Å². The summed E-state index contributed by atoms with van der Waals surface area (Å²) in [4.78, 5) is 4.15. The summed E-state index contributed by atoms with van der Waals surface area (Å²) in [5, 5.41) is 12.6. The molecule has 0 unspecified atom stereocenters. The molecule has 0 saturated carbocycles. The lowest BCUT2D eigenvalue weighted by Crippen LogP contribution is -1.98. The number of benzene rings is 1. The van der Waals surface area contributed by atoms with Crippen LogP contribution >= 0.6 is 11.6 Å². The Morgan fingerprint density at radius 1 is 1.16 bits per heavy atom. The molecule has 0 fully saturated rings. The van der Waals surface area contributed by atoms with E-state index in [1.807, 2.05) is 19.1 Å². The molecule has 6 nitrogen and oxygen atoms in total. The van der Waals surface area contributed by atoms with E-state index in [9.17, 15) is 0 Å². The Balaban J connectivity index is 2.06. The van der Waals surface area contributed by atoms with E-state index in [-0.39, 0.29) is 0 Å². The van der Waals surface area contributed by atoms with Crippen LogP contribution in [0, 0.1) is 13.8 Å². The maximum atomic E-state index is 5.86. The molecule has 0 aliphatic heterocycles. The lowest BCUT2D eigenvalue weighted by atomic mass is 10.3. The molecule has 0 N–H and O–H groups in total. The fourth-order valence-electron chi connectivity index (χ4n) is 1.75. The van der Waals surface area contributed by atoms with E-state index in [1.165, 1.54) is 0 Å². The Morgan fingerprint density at radius 3 is 2.53 bits per heavy atom. The maximum absolute atomic E-state index is 5.86. The molecular formula is C12H10ClN5O. The normalized spacial score (nSPS) is 10.9. The van der Waals surface area contributed by atoms with Crippen molar-refractivity contribution in [1.82, 2.24) is 25.1 Å². The Kier molecular flexibility index (Phi) is 2.79. The Labute approximate surface area is 114 Å². The summed E-state index contributed by atoms with van der Waals surface area (Å²) < 4.78 is 6.80. The molecule has 0 radical (unpaired) electrons. The zero-order valence-electron chi connectivity index (χ0n) is 10.3. The fraction of sp³-hybridized carbons (Fsp3) is 0.167. The first-order chi connectivity index (χ1) is 9.15. The summed E-state index contributed by atoms with van der Waals surface area (Å²) in [6.45, 7) is 3.65. The number of hydrogen-bond donors (Lipinski definition) is 0. The summed E-state index contributed by atoms with van der Waals surface area (Å²) in [5.41, 5.74) is 2.28. The second-order valence-electron chi connectivity index (χ2n) is 4.06. The Hall–Kier alpha value is -2.21. The smallest absolute Gasteiger partial charge is 0.280 e. The van der Waals surface area contributed by atoms with Gasteiger partial charge in [-0.1, -0.05) is 22.0 Å². The van der Waals surface area contributed by atoms with Gasteiger partial charge in [-0.2, -0.15) is 4.98 Å². The molecule has 2 aromatic heterocycles. The number of rotatable bonds is 2. The van der Waals surface area contributed by atoms with Gasteiger partial charge in [-0.05, 0) is 38.1 Å². The molecule has 7 heteroatoms. The van der Waals surface area contributed by atoms with Crippen LogP contribution in [0.2, 0.25) is 5.02 Å². The van der Waals surface area contributed by atoms with Gasteiger partial charge in [0, 0.05) is 5.02 Å². The van der Waals surface area contributed by atoms with Crippen molar-refractivity contribution in [2.45, 2.75) is 13.8 Å². The quantitative estimate of drug-likeness (QED) is 0.719. The van der Waals surface area contributed by atoms with Crippen LogP contribution in [0.1, 0.15) is 11.5 Å². The minimum atomic E-state index is 0.371. The summed E-state index contributed by atoms with van der Waals surface area (Å²) >= 11 is 5.86. The van der Waals surface area contributed by atoms with Gasteiger partial charge in [0.05, 0.1) is 11.4 Å². The predicted molar refractivity (Wildman–Crippen MR) is 69.1 cm³/mol. The molecule has 0 amide bonds. The maximum Gasteiger partial charge on any atom is 0.280 e. The van der Waals surface area contributed by atoms with Crippen LogP contribution in [0.15, 0.2) is 28.8 Å². The highest BCUT2D eigenvalue weighted by Gasteiger charge is 2.17. The van der Waals surface area contributed by atoms with Gasteiger partial charge in [0.2, 0.25) is 0 Å². The molecule has 19 heavy (non-hydrogen) atoms. The van der Waals surface area contributed by atoms with Crippen molar-refractivity contribution in [2.75, 3.05) is 0 Å². The molecule has 3 rings (SSSR count). The van der Waals surface area contributed by atoms with Gasteiger partial charge in [0.1, 0.15) is 0 Å². The van der Waals surface area contributed by atoms with Crippen molar-refractivity contribution in [1.29, 1.82) is 0 Å². The molecule has 96 valence electrons. The van der Waals surface area contributed by atoms with Gasteiger partial charge in [-0.25, -0.2) is 4.68 Å². The van der Waals surface area contributed by atoms with Crippen LogP contribution in [0.25, 0.3) is 17.3 Å². The van der Waals surface area contributed by atoms with Crippen LogP contribution in [0.5, 0.6) is 0 Å². The van der Waals surface area contributed by atoms with Crippen LogP contribution in [-0.2, 0) is 0 Å². The summed E-state index contributed by atoms with van der Waals surface area (Å²) in [5.74, 6) is 0.936. The first-order valence-corrected chi connectivity index (χ1v) is 6.02. The van der Waals surface area contributed by atoms with Crippen molar-refractivity contribution in [3.63, 3.8) is 0 Å². The molecule has 0 aliphatic carbocycles. The number of hydrogen-bond acceptors (Lipinski definition) is 5. The van der Waals surface area contributed by atoms with E-state index < -0.39 is 0 Å². The van der Waals surface area contributed by atoms with Gasteiger partial charge in [-0.15, -0.1) is 5.10 Å². The van der Waals surface area contributed by atoms with Crippen LogP contribution in [-0.4, -0.2) is 25.1 Å². The van der Waals surface area contributed by atoms with E-state index in [1.54, 1.807) is 23.7 Å². The Morgan fingerprint density at radius 2 is 1.89 bits per heavy atom. The standard InChI is InChI=1S/C12H10ClN5O/c1-7-11(12-14-8(2)16-19-12)15-17-18(7)10-5-3-9(13)4-6-10/h3-6H,1-2H3. The topological polar surface area (TPSA) is 69.6 Å². The highest BCUT2D eigenvalue weighted by atomic mass is 35.5. The molecule has 0 atom stereocenters. The van der Waals surface area contributed by atoms with Gasteiger partial charge in [0.25, 0.3) is 5.89 Å². The van der Waals surface area contributed by atoms with Crippen LogP contribution in [0.3, 0.4) is 0 Å². The van der Waals surface area contributed by atoms with Crippen molar-refractivity contribution >= 4 is 11.6 Å². The van der Waals surface area contributed by atoms with Gasteiger partial charge < -0.3 is 4.52 Å². The summed E-state index contributed by atoms with van der Waals surface area (Å²) in [6.07, 6.45) is 0. The lowest BCUT2D eigenvalue weighted by molar-refractivity contribution is 0.424. The van der Waals surface area contributed by atoms with Crippen LogP contribution in [0.4, 0.5) is 0 Å². The SMILES string of the molecule is Cc1noc(-c2nnn(-c3ccc(Cl)cc3)c2C)n1. The van der Waals surface area contributed by atoms with Crippen molar-refractivity contribution < 1.29 is 4.52 Å². The molecule has 0 bridgehead atoms. The third kappa shape index (κ3) is 2.10. The second kappa shape index (κ2) is 4.47. The van der Waals surface area contributed by atoms with E-state index in [0.717, 1.165) is 11.4 Å². The molecule has 0 aliphatic rings. The number of nitrogens with zero attached hydrogens (tertiary/aromatic N) is 5. The highest BCUT2D eigenvalue weighted by molar-refractivity contribution is 6.30. The van der Waals surface area contributed by atoms with Crippen molar-refractivity contribution in [3.8, 4) is 17.3 Å². The molecule has 0 saturated heterocycles. The van der Waals surface area contributed by atoms with Crippen molar-refractivity contribution in [2.24, 2.45) is 0 Å². The lowest BCUT2D eigenvalue weighted by Gasteiger charge is -2.02. The number of aryl methyl sites for hydroxylation is 1. The van der Waals surface area contributed by atoms with Gasteiger partial charge in [-0.3, -0.25) is 0 Å². The van der Waals surface area contributed by atoms with Gasteiger partial charge in [0.15, 0.2) is 11.5 Å². The van der Waals surface area contributed by atoms with Crippen LogP contribution < -0.4 is 0 Å². The monoisotopic (exact) mass is 275 g/mol. The zero-order valence-corrected chi connectivity index (χ0v) is 11.1. The first kappa shape index (κ1) is 11.9. The molecular weight excluding hydrogens is 266 g/mol. The summed E-state index contributed by atoms with van der Waals surface area (Å²) in [7, 11) is 0. The van der Waals surface area contributed by atoms with E-state index in [0.29, 0.717) is 22.4 Å². The minimum Gasteiger partial charge on any atom is -0.332 e. The summed E-state index contributed by atoms with van der Waals surface area (Å²) in [6, 6.07) is 7.34. The van der Waals surface area contributed by atoms with Gasteiger partial charge >= 0.3 is 0 Å². The molecule has 2 heterocycles. The number of aromatic nitrogens is 5. The largest absolute Gasteiger partial charge is 0.332 e.